The van der Waals surface area contributed by atoms with Crippen molar-refractivity contribution in [3.8, 4) is 0 Å². The van der Waals surface area contributed by atoms with Crippen LogP contribution in [-0.2, 0) is 33.9 Å². The molecule has 27 heavy (non-hydrogen) atoms. The largest absolute Gasteiger partial charge is 0.422 e. The van der Waals surface area contributed by atoms with Gasteiger partial charge in [-0.3, -0.25) is 23.6 Å². The highest BCUT2D eigenvalue weighted by Gasteiger charge is 2.39. The van der Waals surface area contributed by atoms with Crippen LogP contribution in [0.15, 0.2) is 34.9 Å². The maximum Gasteiger partial charge on any atom is 0.331 e. The Morgan fingerprint density at radius 2 is 1.70 bits per heavy atom. The molecule has 0 aliphatic carbocycles. The number of likely N-dealkylation sites (N-methyl/N-ethyl adjacent to an activating group) is 1. The zero-order valence-electron chi connectivity index (χ0n) is 14.6. The molecule has 0 bridgehead atoms. The zero-order chi connectivity index (χ0) is 19.9. The van der Waals surface area contributed by atoms with Crippen molar-refractivity contribution >= 4 is 39.3 Å². The number of likely N-dealkylation sites (tertiary alicyclic amines) is 1. The van der Waals surface area contributed by atoms with Crippen LogP contribution in [0.5, 0.6) is 0 Å². The molecule has 1 aromatic rings. The summed E-state index contributed by atoms with van der Waals surface area (Å²) in [5.41, 5.74) is -0.241. The van der Waals surface area contributed by atoms with Crippen molar-refractivity contribution in [1.82, 2.24) is 9.21 Å². The second kappa shape index (κ2) is 6.62. The Morgan fingerprint density at radius 3 is 2.30 bits per heavy atom. The Balaban J connectivity index is 2.02. The fraction of sp³-hybridized carbons (Fsp3) is 0.294. The molecule has 1 aromatic carbocycles. The summed E-state index contributed by atoms with van der Waals surface area (Å²) >= 11 is 0. The van der Waals surface area contributed by atoms with Crippen molar-refractivity contribution in [3.05, 3.63) is 35.5 Å². The number of sulfonamides is 1. The molecular formula is C17H16N2O7S. The summed E-state index contributed by atoms with van der Waals surface area (Å²) in [7, 11) is -2.80. The average Bonchev–Trinajstić information content (AvgIpc) is 2.91. The Hall–Kier alpha value is -3.01. The lowest BCUT2D eigenvalue weighted by Gasteiger charge is -2.29. The summed E-state index contributed by atoms with van der Waals surface area (Å²) in [5.74, 6) is -2.76. The molecule has 0 atom stereocenters. The Labute approximate surface area is 155 Å². The van der Waals surface area contributed by atoms with Gasteiger partial charge in [-0.1, -0.05) is 12.1 Å². The summed E-state index contributed by atoms with van der Waals surface area (Å²) in [6, 6.07) is 5.79. The van der Waals surface area contributed by atoms with Crippen LogP contribution in [-0.4, -0.2) is 54.8 Å². The maximum atomic E-state index is 12.6. The van der Waals surface area contributed by atoms with E-state index < -0.39 is 40.1 Å². The normalized spacial score (nSPS) is 18.6. The van der Waals surface area contributed by atoms with Crippen molar-refractivity contribution in [3.63, 3.8) is 0 Å². The fourth-order valence-electron chi connectivity index (χ4n) is 2.98. The van der Waals surface area contributed by atoms with E-state index in [0.29, 0.717) is 0 Å². The molecule has 2 aliphatic heterocycles. The molecule has 142 valence electrons. The van der Waals surface area contributed by atoms with Crippen molar-refractivity contribution in [1.29, 1.82) is 0 Å². The van der Waals surface area contributed by atoms with Crippen LogP contribution >= 0.6 is 0 Å². The topological polar surface area (TPSA) is 118 Å². The minimum Gasteiger partial charge on any atom is -0.422 e. The molecule has 0 unspecified atom stereocenters. The molecule has 0 spiro atoms. The quantitative estimate of drug-likeness (QED) is 0.533. The van der Waals surface area contributed by atoms with Crippen LogP contribution < -0.4 is 0 Å². The van der Waals surface area contributed by atoms with Gasteiger partial charge in [0.2, 0.25) is 11.8 Å². The smallest absolute Gasteiger partial charge is 0.331 e. The molecule has 0 N–H and O–H groups in total. The van der Waals surface area contributed by atoms with Gasteiger partial charge in [-0.2, -0.15) is 0 Å². The van der Waals surface area contributed by atoms with Crippen LogP contribution in [0.4, 0.5) is 0 Å². The summed E-state index contributed by atoms with van der Waals surface area (Å²) in [4.78, 5) is 48.4. The Kier molecular flexibility index (Phi) is 4.60. The lowest BCUT2D eigenvalue weighted by molar-refractivity contribution is -0.148. The van der Waals surface area contributed by atoms with Crippen LogP contribution in [0.3, 0.4) is 0 Å². The van der Waals surface area contributed by atoms with Crippen molar-refractivity contribution in [2.24, 2.45) is 0 Å². The Morgan fingerprint density at radius 1 is 1.11 bits per heavy atom. The van der Waals surface area contributed by atoms with Gasteiger partial charge in [-0.05, 0) is 12.1 Å². The summed E-state index contributed by atoms with van der Waals surface area (Å²) in [6.07, 6.45) is 0.0502. The molecule has 3 rings (SSSR count). The average molecular weight is 392 g/mol. The van der Waals surface area contributed by atoms with Crippen molar-refractivity contribution < 1.29 is 32.3 Å². The molecule has 2 aliphatic rings. The highest BCUT2D eigenvalue weighted by molar-refractivity contribution is 7.89. The molecule has 1 saturated heterocycles. The van der Waals surface area contributed by atoms with Gasteiger partial charge in [-0.25, -0.2) is 13.2 Å². The third-order valence-electron chi connectivity index (χ3n) is 4.29. The van der Waals surface area contributed by atoms with E-state index in [1.165, 1.54) is 25.2 Å². The van der Waals surface area contributed by atoms with Crippen molar-refractivity contribution in [2.45, 2.75) is 24.7 Å². The van der Waals surface area contributed by atoms with E-state index in [9.17, 15) is 27.6 Å². The minimum atomic E-state index is -3.98. The number of carbonyl (C=O) groups excluding carboxylic acids is 4. The number of carbonyl (C=O) groups is 4. The second-order valence-corrected chi connectivity index (χ2v) is 7.99. The predicted molar refractivity (Wildman–Crippen MR) is 91.0 cm³/mol. The minimum absolute atomic E-state index is 0.0251. The number of esters is 1. The van der Waals surface area contributed by atoms with Gasteiger partial charge in [0.05, 0.1) is 4.90 Å². The van der Waals surface area contributed by atoms with Gasteiger partial charge in [0.15, 0.2) is 11.5 Å². The summed E-state index contributed by atoms with van der Waals surface area (Å²) in [5, 5.41) is 0. The number of fused-ring (bicyclic) bond motifs is 1. The monoisotopic (exact) mass is 392 g/mol. The standard InChI is InChI=1S/C17H16N2O7S/c1-10(20)16-17(26-15(23)9-19-13(21)7-8-14(19)22)11-5-3-4-6-12(11)27(24,25)18(16)2/h3-6H,7-9H2,1-2H3. The van der Waals surface area contributed by atoms with Crippen LogP contribution in [0.25, 0.3) is 5.76 Å². The molecule has 2 amide bonds. The number of benzene rings is 1. The van der Waals surface area contributed by atoms with Gasteiger partial charge in [-0.15, -0.1) is 0 Å². The lowest BCUT2D eigenvalue weighted by atomic mass is 10.1. The van der Waals surface area contributed by atoms with E-state index in [0.717, 1.165) is 16.1 Å². The van der Waals surface area contributed by atoms with E-state index in [1.807, 2.05) is 0 Å². The fourth-order valence-corrected chi connectivity index (χ4v) is 4.41. The number of hydrogen-bond acceptors (Lipinski definition) is 7. The highest BCUT2D eigenvalue weighted by atomic mass is 32.2. The molecule has 9 nitrogen and oxygen atoms in total. The number of amides is 2. The number of allylic oxidation sites excluding steroid dienone is 1. The summed E-state index contributed by atoms with van der Waals surface area (Å²) < 4.78 is 31.3. The third kappa shape index (κ3) is 3.12. The van der Waals surface area contributed by atoms with Crippen molar-refractivity contribution in [2.75, 3.05) is 13.6 Å². The van der Waals surface area contributed by atoms with Gasteiger partial charge in [0.25, 0.3) is 10.0 Å². The highest BCUT2D eigenvalue weighted by Crippen LogP contribution is 2.36. The SMILES string of the molecule is CC(=O)C1=C(OC(=O)CN2C(=O)CCC2=O)c2ccccc2S(=O)(=O)N1C. The molecule has 1 fully saturated rings. The first kappa shape index (κ1) is 18.8. The predicted octanol–water partition coefficient (Wildman–Crippen LogP) is 0.270. The maximum absolute atomic E-state index is 12.6. The van der Waals surface area contributed by atoms with Gasteiger partial charge in [0, 0.05) is 32.4 Å². The van der Waals surface area contributed by atoms with E-state index in [-0.39, 0.29) is 34.8 Å². The van der Waals surface area contributed by atoms with E-state index in [4.69, 9.17) is 4.74 Å². The summed E-state index contributed by atoms with van der Waals surface area (Å²) in [6.45, 7) is 0.543. The molecule has 2 heterocycles. The molecule has 0 saturated carbocycles. The van der Waals surface area contributed by atoms with Crippen LogP contribution in [0, 0.1) is 0 Å². The van der Waals surface area contributed by atoms with Gasteiger partial charge in [0.1, 0.15) is 12.2 Å². The molecule has 0 aromatic heterocycles. The third-order valence-corrected chi connectivity index (χ3v) is 6.11. The van der Waals surface area contributed by atoms with E-state index >= 15 is 0 Å². The molecular weight excluding hydrogens is 376 g/mol. The van der Waals surface area contributed by atoms with Crippen LogP contribution in [0.1, 0.15) is 25.3 Å². The second-order valence-electron chi connectivity index (χ2n) is 6.05. The van der Waals surface area contributed by atoms with Gasteiger partial charge < -0.3 is 4.74 Å². The molecule has 10 heteroatoms. The van der Waals surface area contributed by atoms with E-state index in [2.05, 4.69) is 0 Å². The first-order valence-electron chi connectivity index (χ1n) is 8.02. The zero-order valence-corrected chi connectivity index (χ0v) is 15.4. The lowest BCUT2D eigenvalue weighted by Crippen LogP contribution is -2.37. The first-order valence-corrected chi connectivity index (χ1v) is 9.46. The number of ketones is 1. The number of ether oxygens (including phenoxy) is 1. The Bertz CT molecular complexity index is 994. The number of hydrogen-bond donors (Lipinski definition) is 0. The van der Waals surface area contributed by atoms with E-state index in [1.54, 1.807) is 6.07 Å². The number of nitrogens with zero attached hydrogens (tertiary/aromatic N) is 2. The number of rotatable bonds is 4. The number of Topliss-reactive ketones (excluding diaryl/α,β-unsaturated/α-hetero) is 1. The number of imide groups is 1. The van der Waals surface area contributed by atoms with Crippen LogP contribution in [0.2, 0.25) is 0 Å². The van der Waals surface area contributed by atoms with Gasteiger partial charge >= 0.3 is 5.97 Å². The first-order chi connectivity index (χ1) is 12.6. The molecule has 0 radical (unpaired) electrons.